The van der Waals surface area contributed by atoms with E-state index in [-0.39, 0.29) is 0 Å². The van der Waals surface area contributed by atoms with Crippen molar-refractivity contribution in [2.24, 2.45) is 0 Å². The largest absolute Gasteiger partial charge is 0.361 e. The molecule has 0 aromatic heterocycles. The normalized spacial score (nSPS) is 19.2. The quantitative estimate of drug-likeness (QED) is 0.615. The lowest BCUT2D eigenvalue weighted by Crippen LogP contribution is -2.33. The molecule has 0 spiro atoms. The zero-order chi connectivity index (χ0) is 16.4. The van der Waals surface area contributed by atoms with E-state index in [1.165, 1.54) is 27.1 Å². The molecule has 0 amide bonds. The van der Waals surface area contributed by atoms with E-state index >= 15 is 0 Å². The molecule has 24 heavy (non-hydrogen) atoms. The molecule has 4 rings (SSSR count). The molecule has 1 atom stereocenters. The van der Waals surface area contributed by atoms with E-state index in [9.17, 15) is 0 Å². The minimum atomic E-state index is -0.549. The Morgan fingerprint density at radius 1 is 0.833 bits per heavy atom. The lowest BCUT2D eigenvalue weighted by Gasteiger charge is -2.36. The number of hydrogen-bond acceptors (Lipinski definition) is 2. The molecule has 1 nitrogen and oxygen atoms in total. The lowest BCUT2D eigenvalue weighted by atomic mass is 9.78. The summed E-state index contributed by atoms with van der Waals surface area (Å²) < 4.78 is 6.58. The molecule has 0 saturated heterocycles. The van der Waals surface area contributed by atoms with Crippen molar-refractivity contribution in [1.82, 2.24) is 0 Å². The van der Waals surface area contributed by atoms with Gasteiger partial charge < -0.3 is 4.74 Å². The maximum atomic E-state index is 6.58. The van der Waals surface area contributed by atoms with Crippen molar-refractivity contribution in [3.63, 3.8) is 0 Å². The van der Waals surface area contributed by atoms with Gasteiger partial charge in [-0.2, -0.15) is 0 Å². The first-order valence-corrected chi connectivity index (χ1v) is 9.35. The Morgan fingerprint density at radius 3 is 2.29 bits per heavy atom. The molecule has 1 heterocycles. The Kier molecular flexibility index (Phi) is 4.17. The molecule has 0 aliphatic carbocycles. The van der Waals surface area contributed by atoms with Crippen LogP contribution in [0.4, 0.5) is 0 Å². The smallest absolute Gasteiger partial charge is 0.145 e. The second kappa shape index (κ2) is 6.46. The number of rotatable bonds is 3. The fourth-order valence-corrected chi connectivity index (χ4v) is 4.72. The summed E-state index contributed by atoms with van der Waals surface area (Å²) in [5.74, 6) is 0.967. The Bertz CT molecular complexity index is 794. The van der Waals surface area contributed by atoms with Crippen LogP contribution in [0.5, 0.6) is 0 Å². The van der Waals surface area contributed by atoms with Gasteiger partial charge in [0, 0.05) is 22.8 Å². The third-order valence-corrected chi connectivity index (χ3v) is 5.71. The average molecular weight is 332 g/mol. The lowest BCUT2D eigenvalue weighted by molar-refractivity contribution is 0.0194. The minimum Gasteiger partial charge on any atom is -0.361 e. The van der Waals surface area contributed by atoms with E-state index in [2.05, 4.69) is 85.8 Å². The van der Waals surface area contributed by atoms with Crippen LogP contribution in [0.15, 0.2) is 83.8 Å². The van der Waals surface area contributed by atoms with E-state index in [4.69, 9.17) is 4.74 Å². The summed E-state index contributed by atoms with van der Waals surface area (Å²) in [4.78, 5) is 1.30. The fourth-order valence-electron chi connectivity index (χ4n) is 3.61. The Labute approximate surface area is 147 Å². The highest BCUT2D eigenvalue weighted by Crippen LogP contribution is 2.48. The number of benzene rings is 3. The van der Waals surface area contributed by atoms with Crippen LogP contribution in [0.25, 0.3) is 0 Å². The molecule has 0 radical (unpaired) electrons. The maximum absolute atomic E-state index is 6.58. The van der Waals surface area contributed by atoms with Crippen LogP contribution in [-0.2, 0) is 16.1 Å². The first-order valence-electron chi connectivity index (χ1n) is 8.36. The Balaban J connectivity index is 2.10. The Morgan fingerprint density at radius 2 is 1.50 bits per heavy atom. The summed E-state index contributed by atoms with van der Waals surface area (Å²) >= 11 is 1.90. The van der Waals surface area contributed by atoms with Crippen molar-refractivity contribution in [2.75, 3.05) is 6.61 Å². The molecule has 0 N–H and O–H groups in total. The van der Waals surface area contributed by atoms with Gasteiger partial charge in [-0.1, -0.05) is 72.8 Å². The molecule has 1 aliphatic rings. The van der Waals surface area contributed by atoms with Gasteiger partial charge in [0.2, 0.25) is 0 Å². The second-order valence-corrected chi connectivity index (χ2v) is 6.94. The average Bonchev–Trinajstić information content (AvgIpc) is 2.79. The number of thioether (sulfide) groups is 1. The first-order chi connectivity index (χ1) is 11.9. The van der Waals surface area contributed by atoms with Gasteiger partial charge in [0.25, 0.3) is 0 Å². The highest BCUT2D eigenvalue weighted by molar-refractivity contribution is 7.98. The summed E-state index contributed by atoms with van der Waals surface area (Å²) in [5, 5.41) is 0. The van der Waals surface area contributed by atoms with Crippen LogP contribution in [0.2, 0.25) is 0 Å². The van der Waals surface area contributed by atoms with Crippen molar-refractivity contribution in [3.05, 3.63) is 101 Å². The highest BCUT2D eigenvalue weighted by Gasteiger charge is 2.41. The third-order valence-electron chi connectivity index (χ3n) is 4.59. The molecule has 1 unspecified atom stereocenters. The van der Waals surface area contributed by atoms with Crippen LogP contribution < -0.4 is 0 Å². The van der Waals surface area contributed by atoms with E-state index in [1.54, 1.807) is 0 Å². The maximum Gasteiger partial charge on any atom is 0.145 e. The third kappa shape index (κ3) is 2.38. The fraction of sp³-hybridized carbons (Fsp3) is 0.182. The first kappa shape index (κ1) is 15.5. The van der Waals surface area contributed by atoms with E-state index < -0.39 is 5.60 Å². The zero-order valence-corrected chi connectivity index (χ0v) is 14.6. The van der Waals surface area contributed by atoms with Crippen molar-refractivity contribution in [1.29, 1.82) is 0 Å². The minimum absolute atomic E-state index is 0.549. The highest BCUT2D eigenvalue weighted by atomic mass is 32.2. The monoisotopic (exact) mass is 332 g/mol. The topological polar surface area (TPSA) is 9.23 Å². The zero-order valence-electron chi connectivity index (χ0n) is 13.7. The number of ether oxygens (including phenoxy) is 1. The van der Waals surface area contributed by atoms with E-state index in [0.29, 0.717) is 6.61 Å². The molecular formula is C22H20OS. The van der Waals surface area contributed by atoms with Gasteiger partial charge in [0.1, 0.15) is 5.60 Å². The van der Waals surface area contributed by atoms with Crippen LogP contribution in [0.3, 0.4) is 0 Å². The predicted molar refractivity (Wildman–Crippen MR) is 100 cm³/mol. The summed E-state index contributed by atoms with van der Waals surface area (Å²) in [6.45, 7) is 2.73. The van der Waals surface area contributed by atoms with Gasteiger partial charge in [0.15, 0.2) is 0 Å². The van der Waals surface area contributed by atoms with Gasteiger partial charge in [-0.25, -0.2) is 0 Å². The van der Waals surface area contributed by atoms with Gasteiger partial charge in [-0.05, 0) is 29.7 Å². The molecule has 3 aromatic rings. The number of fused-ring (bicyclic) bond motifs is 2. The van der Waals surface area contributed by atoms with Crippen molar-refractivity contribution >= 4 is 11.8 Å². The van der Waals surface area contributed by atoms with Crippen molar-refractivity contribution in [2.45, 2.75) is 23.2 Å². The van der Waals surface area contributed by atoms with Crippen LogP contribution in [-0.4, -0.2) is 6.61 Å². The van der Waals surface area contributed by atoms with Crippen LogP contribution in [0.1, 0.15) is 29.2 Å². The van der Waals surface area contributed by atoms with Crippen molar-refractivity contribution < 1.29 is 4.74 Å². The standard InChI is InChI=1S/C22H20OS/c1-2-23-22(18-11-4-3-5-12-18)19-13-7-6-10-17(19)16-24-21-15-9-8-14-20(21)22/h3-15H,2,16H2,1H3. The van der Waals surface area contributed by atoms with Crippen LogP contribution in [0, 0.1) is 0 Å². The van der Waals surface area contributed by atoms with E-state index in [1.807, 2.05) is 11.8 Å². The Hall–Kier alpha value is -2.03. The van der Waals surface area contributed by atoms with Crippen LogP contribution >= 0.6 is 11.8 Å². The molecule has 1 aliphatic heterocycles. The molecule has 2 heteroatoms. The predicted octanol–water partition coefficient (Wildman–Crippen LogP) is 5.62. The van der Waals surface area contributed by atoms with Gasteiger partial charge in [-0.15, -0.1) is 11.8 Å². The molecule has 120 valence electrons. The summed E-state index contributed by atoms with van der Waals surface area (Å²) in [6.07, 6.45) is 0. The number of hydrogen-bond donors (Lipinski definition) is 0. The molecule has 3 aromatic carbocycles. The summed E-state index contributed by atoms with van der Waals surface area (Å²) in [5.41, 5.74) is 4.49. The van der Waals surface area contributed by atoms with Gasteiger partial charge >= 0.3 is 0 Å². The molecular weight excluding hydrogens is 312 g/mol. The van der Waals surface area contributed by atoms with Gasteiger partial charge in [-0.3, -0.25) is 0 Å². The summed E-state index contributed by atoms with van der Waals surface area (Å²) in [7, 11) is 0. The molecule has 0 bridgehead atoms. The van der Waals surface area contributed by atoms with Crippen molar-refractivity contribution in [3.8, 4) is 0 Å². The molecule has 0 saturated carbocycles. The van der Waals surface area contributed by atoms with E-state index in [0.717, 1.165) is 5.75 Å². The molecule has 0 fully saturated rings. The summed E-state index contributed by atoms with van der Waals surface area (Å²) in [6, 6.07) is 28.0. The van der Waals surface area contributed by atoms with Gasteiger partial charge in [0.05, 0.1) is 0 Å². The second-order valence-electron chi connectivity index (χ2n) is 5.92. The SMILES string of the molecule is CCOC1(c2ccccc2)c2ccccc2CSc2ccccc21.